The van der Waals surface area contributed by atoms with Crippen LogP contribution in [0.2, 0.25) is 0 Å². The Kier molecular flexibility index (Phi) is 3.72. The Hall–Kier alpha value is -2.17. The van der Waals surface area contributed by atoms with Crippen LogP contribution in [-0.4, -0.2) is 15.5 Å². The van der Waals surface area contributed by atoms with E-state index in [1.165, 1.54) is 24.3 Å². The summed E-state index contributed by atoms with van der Waals surface area (Å²) in [5, 5.41) is 2.70. The zero-order valence-electron chi connectivity index (χ0n) is 10.1. The zero-order chi connectivity index (χ0) is 13.0. The van der Waals surface area contributed by atoms with Gasteiger partial charge in [-0.3, -0.25) is 4.79 Å². The van der Waals surface area contributed by atoms with Crippen molar-refractivity contribution in [2.75, 3.05) is 5.32 Å². The highest BCUT2D eigenvalue weighted by Crippen LogP contribution is 2.08. The number of aryl methyl sites for hydroxylation is 1. The fourth-order valence-electron chi connectivity index (χ4n) is 1.69. The quantitative estimate of drug-likeness (QED) is 0.900. The first kappa shape index (κ1) is 12.3. The minimum Gasteiger partial charge on any atom is -0.326 e. The maximum atomic E-state index is 12.7. The van der Waals surface area contributed by atoms with Crippen LogP contribution < -0.4 is 5.32 Å². The summed E-state index contributed by atoms with van der Waals surface area (Å²) < 4.78 is 14.5. The van der Waals surface area contributed by atoms with Gasteiger partial charge in [-0.15, -0.1) is 0 Å². The average molecular weight is 247 g/mol. The molecule has 0 atom stereocenters. The number of nitrogens with one attached hydrogen (secondary N) is 1. The third-order valence-electron chi connectivity index (χ3n) is 2.56. The lowest BCUT2D eigenvalue weighted by molar-refractivity contribution is -0.116. The number of hydrogen-bond donors (Lipinski definition) is 1. The molecule has 2 rings (SSSR count). The number of nitrogens with zero attached hydrogens (tertiary/aromatic N) is 2. The lowest BCUT2D eigenvalue weighted by atomic mass is 10.3. The van der Waals surface area contributed by atoms with Crippen LogP contribution in [-0.2, 0) is 17.8 Å². The summed E-state index contributed by atoms with van der Waals surface area (Å²) in [6, 6.07) is 5.68. The SMILES string of the molecule is CCc1nccn1CC(=O)Nc1ccc(F)cc1. The van der Waals surface area contributed by atoms with Crippen molar-refractivity contribution in [2.45, 2.75) is 19.9 Å². The normalized spacial score (nSPS) is 10.3. The van der Waals surface area contributed by atoms with E-state index in [-0.39, 0.29) is 18.3 Å². The second-order valence-electron chi connectivity index (χ2n) is 3.88. The van der Waals surface area contributed by atoms with Crippen molar-refractivity contribution in [3.8, 4) is 0 Å². The molecule has 4 nitrogen and oxygen atoms in total. The number of imidazole rings is 1. The van der Waals surface area contributed by atoms with Crippen LogP contribution in [0.15, 0.2) is 36.7 Å². The van der Waals surface area contributed by atoms with Gasteiger partial charge in [-0.05, 0) is 24.3 Å². The third kappa shape index (κ3) is 2.94. The standard InChI is InChI=1S/C13H14FN3O/c1-2-12-15-7-8-17(12)9-13(18)16-11-5-3-10(14)4-6-11/h3-8H,2,9H2,1H3,(H,16,18). The number of anilines is 1. The first-order valence-corrected chi connectivity index (χ1v) is 5.74. The molecule has 1 amide bonds. The monoisotopic (exact) mass is 247 g/mol. The number of amides is 1. The van der Waals surface area contributed by atoms with Gasteiger partial charge in [0.05, 0.1) is 0 Å². The summed E-state index contributed by atoms with van der Waals surface area (Å²) in [6.07, 6.45) is 4.21. The topological polar surface area (TPSA) is 46.9 Å². The van der Waals surface area contributed by atoms with Crippen molar-refractivity contribution in [1.82, 2.24) is 9.55 Å². The minimum absolute atomic E-state index is 0.158. The molecule has 1 N–H and O–H groups in total. The Morgan fingerprint density at radius 3 is 2.78 bits per heavy atom. The fourth-order valence-corrected chi connectivity index (χ4v) is 1.69. The highest BCUT2D eigenvalue weighted by molar-refractivity contribution is 5.90. The first-order chi connectivity index (χ1) is 8.69. The van der Waals surface area contributed by atoms with Crippen LogP contribution in [0.1, 0.15) is 12.7 Å². The second-order valence-corrected chi connectivity index (χ2v) is 3.88. The number of rotatable bonds is 4. The molecule has 0 saturated heterocycles. The molecule has 5 heteroatoms. The smallest absolute Gasteiger partial charge is 0.244 e. The van der Waals surface area contributed by atoms with Gasteiger partial charge in [0.2, 0.25) is 5.91 Å². The molecular weight excluding hydrogens is 233 g/mol. The van der Waals surface area contributed by atoms with E-state index in [1.807, 2.05) is 6.92 Å². The molecule has 0 bridgehead atoms. The number of benzene rings is 1. The molecule has 2 aromatic rings. The van der Waals surface area contributed by atoms with Crippen molar-refractivity contribution >= 4 is 11.6 Å². The highest BCUT2D eigenvalue weighted by Gasteiger charge is 2.06. The van der Waals surface area contributed by atoms with E-state index in [2.05, 4.69) is 10.3 Å². The molecule has 1 aromatic carbocycles. The molecule has 0 fully saturated rings. The van der Waals surface area contributed by atoms with Crippen LogP contribution >= 0.6 is 0 Å². The van der Waals surface area contributed by atoms with Gasteiger partial charge in [0.15, 0.2) is 0 Å². The second kappa shape index (κ2) is 5.44. The molecule has 0 aliphatic carbocycles. The molecule has 18 heavy (non-hydrogen) atoms. The van der Waals surface area contributed by atoms with Crippen molar-refractivity contribution in [1.29, 1.82) is 0 Å². The number of carbonyl (C=O) groups excluding carboxylic acids is 1. The van der Waals surface area contributed by atoms with Gasteiger partial charge in [-0.2, -0.15) is 0 Å². The van der Waals surface area contributed by atoms with Gasteiger partial charge < -0.3 is 9.88 Å². The number of aromatic nitrogens is 2. The minimum atomic E-state index is -0.323. The Labute approximate surface area is 104 Å². The summed E-state index contributed by atoms with van der Waals surface area (Å²) in [5.74, 6) is 0.384. The van der Waals surface area contributed by atoms with E-state index in [4.69, 9.17) is 0 Å². The van der Waals surface area contributed by atoms with Crippen LogP contribution in [0, 0.1) is 5.82 Å². The third-order valence-corrected chi connectivity index (χ3v) is 2.56. The van der Waals surface area contributed by atoms with E-state index in [1.54, 1.807) is 17.0 Å². The fraction of sp³-hybridized carbons (Fsp3) is 0.231. The van der Waals surface area contributed by atoms with E-state index < -0.39 is 0 Å². The summed E-state index contributed by atoms with van der Waals surface area (Å²) in [7, 11) is 0. The van der Waals surface area contributed by atoms with E-state index in [0.717, 1.165) is 12.2 Å². The Balaban J connectivity index is 1.99. The average Bonchev–Trinajstić information content (AvgIpc) is 2.79. The Morgan fingerprint density at radius 1 is 1.39 bits per heavy atom. The van der Waals surface area contributed by atoms with Crippen molar-refractivity contribution in [3.63, 3.8) is 0 Å². The lowest BCUT2D eigenvalue weighted by Gasteiger charge is -2.07. The molecule has 0 aliphatic heterocycles. The molecular formula is C13H14FN3O. The molecule has 94 valence electrons. The summed E-state index contributed by atoms with van der Waals surface area (Å²) in [6.45, 7) is 2.19. The predicted octanol–water partition coefficient (Wildman–Crippen LogP) is 2.22. The van der Waals surface area contributed by atoms with Gasteiger partial charge in [0.25, 0.3) is 0 Å². The highest BCUT2D eigenvalue weighted by atomic mass is 19.1. The molecule has 0 saturated carbocycles. The Bertz CT molecular complexity index is 533. The molecule has 0 aliphatic rings. The molecule has 1 heterocycles. The molecule has 1 aromatic heterocycles. The van der Waals surface area contributed by atoms with Gasteiger partial charge in [0.1, 0.15) is 18.2 Å². The van der Waals surface area contributed by atoms with Gasteiger partial charge in [-0.1, -0.05) is 6.92 Å². The van der Waals surface area contributed by atoms with Crippen molar-refractivity contribution in [3.05, 3.63) is 48.3 Å². The van der Waals surface area contributed by atoms with Crippen LogP contribution in [0.3, 0.4) is 0 Å². The van der Waals surface area contributed by atoms with Gasteiger partial charge in [0, 0.05) is 24.5 Å². The van der Waals surface area contributed by atoms with E-state index in [0.29, 0.717) is 5.69 Å². The van der Waals surface area contributed by atoms with E-state index >= 15 is 0 Å². The summed E-state index contributed by atoms with van der Waals surface area (Å²) >= 11 is 0. The van der Waals surface area contributed by atoms with E-state index in [9.17, 15) is 9.18 Å². The van der Waals surface area contributed by atoms with Crippen molar-refractivity contribution < 1.29 is 9.18 Å². The van der Waals surface area contributed by atoms with Crippen LogP contribution in [0.4, 0.5) is 10.1 Å². The largest absolute Gasteiger partial charge is 0.326 e. The zero-order valence-corrected chi connectivity index (χ0v) is 10.1. The molecule has 0 unspecified atom stereocenters. The molecule has 0 spiro atoms. The maximum Gasteiger partial charge on any atom is 0.244 e. The van der Waals surface area contributed by atoms with Crippen LogP contribution in [0.25, 0.3) is 0 Å². The van der Waals surface area contributed by atoms with Crippen LogP contribution in [0.5, 0.6) is 0 Å². The number of carbonyl (C=O) groups is 1. The predicted molar refractivity (Wildman–Crippen MR) is 66.6 cm³/mol. The van der Waals surface area contributed by atoms with Gasteiger partial charge in [-0.25, -0.2) is 9.37 Å². The summed E-state index contributed by atoms with van der Waals surface area (Å²) in [4.78, 5) is 15.9. The number of hydrogen-bond acceptors (Lipinski definition) is 2. The lowest BCUT2D eigenvalue weighted by Crippen LogP contribution is -2.19. The summed E-state index contributed by atoms with van der Waals surface area (Å²) in [5.41, 5.74) is 0.583. The Morgan fingerprint density at radius 2 is 2.11 bits per heavy atom. The maximum absolute atomic E-state index is 12.7. The molecule has 0 radical (unpaired) electrons. The number of halogens is 1. The van der Waals surface area contributed by atoms with Crippen molar-refractivity contribution in [2.24, 2.45) is 0 Å². The van der Waals surface area contributed by atoms with Gasteiger partial charge >= 0.3 is 0 Å². The first-order valence-electron chi connectivity index (χ1n) is 5.74.